The third-order valence-corrected chi connectivity index (χ3v) is 5.14. The fraction of sp³-hybridized carbons (Fsp3) is 0.471. The summed E-state index contributed by atoms with van der Waals surface area (Å²) in [5.74, 6) is -1.17. The fourth-order valence-electron chi connectivity index (χ4n) is 3.40. The number of benzene rings is 1. The molecule has 0 spiro atoms. The van der Waals surface area contributed by atoms with Gasteiger partial charge in [0.2, 0.25) is 10.0 Å². The van der Waals surface area contributed by atoms with Gasteiger partial charge in [-0.3, -0.25) is 9.59 Å². The van der Waals surface area contributed by atoms with Crippen LogP contribution >= 0.6 is 0 Å². The molecule has 2 fully saturated rings. The third-order valence-electron chi connectivity index (χ3n) is 4.64. The van der Waals surface area contributed by atoms with Crippen molar-refractivity contribution in [1.29, 1.82) is 0 Å². The summed E-state index contributed by atoms with van der Waals surface area (Å²) in [6.45, 7) is 1.90. The minimum absolute atomic E-state index is 0.159. The minimum Gasteiger partial charge on any atom is -0.292 e. The van der Waals surface area contributed by atoms with Crippen LogP contribution in [-0.2, 0) is 19.6 Å². The number of aryl methyl sites for hydroxylation is 1. The van der Waals surface area contributed by atoms with Crippen molar-refractivity contribution in [1.82, 2.24) is 4.83 Å². The van der Waals surface area contributed by atoms with Crippen molar-refractivity contribution >= 4 is 33.0 Å². The van der Waals surface area contributed by atoms with E-state index in [1.807, 2.05) is 6.92 Å². The first-order valence-corrected chi connectivity index (χ1v) is 10.2. The van der Waals surface area contributed by atoms with Gasteiger partial charge in [0.15, 0.2) is 17.3 Å². The maximum absolute atomic E-state index is 12.6. The lowest BCUT2D eigenvalue weighted by molar-refractivity contribution is -0.120. The summed E-state index contributed by atoms with van der Waals surface area (Å²) in [5.41, 5.74) is 1.27. The predicted molar refractivity (Wildman–Crippen MR) is 94.5 cm³/mol. The molecular weight excluding hydrogens is 342 g/mol. The van der Waals surface area contributed by atoms with Crippen molar-refractivity contribution in [3.63, 3.8) is 0 Å². The molecule has 2 unspecified atom stereocenters. The number of nitrogens with one attached hydrogen (secondary N) is 1. The molecule has 3 rings (SSSR count). The number of hydrazine groups is 1. The largest absolute Gasteiger partial charge is 0.292 e. The van der Waals surface area contributed by atoms with Gasteiger partial charge in [0.25, 0.3) is 0 Å². The molecule has 0 bridgehead atoms. The van der Waals surface area contributed by atoms with E-state index in [4.69, 9.17) is 0 Å². The van der Waals surface area contributed by atoms with Crippen LogP contribution in [0.4, 0.5) is 5.69 Å². The standard InChI is InChI=1S/C17H21N3O4S/c1-11-7-9-12(10-8-11)20(19-25(2,23)24)18-15-16(21)13-5-3-4-6-14(13)17(15)22/h7-10,13-14,19H,3-6H2,1-2H3. The zero-order valence-electron chi connectivity index (χ0n) is 14.2. The van der Waals surface area contributed by atoms with Gasteiger partial charge in [-0.05, 0) is 31.9 Å². The zero-order chi connectivity index (χ0) is 18.2. The lowest BCUT2D eigenvalue weighted by Crippen LogP contribution is -2.39. The zero-order valence-corrected chi connectivity index (χ0v) is 15.0. The highest BCUT2D eigenvalue weighted by molar-refractivity contribution is 7.88. The van der Waals surface area contributed by atoms with Crippen molar-refractivity contribution in [2.45, 2.75) is 32.6 Å². The Morgan fingerprint density at radius 1 is 1.04 bits per heavy atom. The topological polar surface area (TPSA) is 95.9 Å². The second-order valence-electron chi connectivity index (χ2n) is 6.69. The third kappa shape index (κ3) is 3.80. The first-order chi connectivity index (χ1) is 11.8. The number of anilines is 1. The summed E-state index contributed by atoms with van der Waals surface area (Å²) >= 11 is 0. The highest BCUT2D eigenvalue weighted by Gasteiger charge is 2.48. The molecule has 2 aliphatic carbocycles. The molecule has 1 N–H and O–H groups in total. The van der Waals surface area contributed by atoms with Crippen LogP contribution in [-0.4, -0.2) is 32.0 Å². The van der Waals surface area contributed by atoms with Gasteiger partial charge in [0, 0.05) is 11.8 Å². The van der Waals surface area contributed by atoms with Crippen LogP contribution in [0, 0.1) is 18.8 Å². The Morgan fingerprint density at radius 2 is 1.56 bits per heavy atom. The van der Waals surface area contributed by atoms with Gasteiger partial charge < -0.3 is 0 Å². The predicted octanol–water partition coefficient (Wildman–Crippen LogP) is 1.58. The summed E-state index contributed by atoms with van der Waals surface area (Å²) in [6.07, 6.45) is 4.23. The van der Waals surface area contributed by atoms with E-state index in [1.165, 1.54) is 0 Å². The Bertz CT molecular complexity index is 804. The molecule has 2 atom stereocenters. The molecule has 2 saturated carbocycles. The SMILES string of the molecule is Cc1ccc(N(N=C2C(=O)C3CCCCC3C2=O)NS(C)(=O)=O)cc1. The molecule has 2 aliphatic rings. The molecule has 134 valence electrons. The van der Waals surface area contributed by atoms with Crippen molar-refractivity contribution in [3.05, 3.63) is 29.8 Å². The van der Waals surface area contributed by atoms with Crippen LogP contribution in [0.5, 0.6) is 0 Å². The van der Waals surface area contributed by atoms with Crippen molar-refractivity contribution in [3.8, 4) is 0 Å². The number of ketones is 2. The van der Waals surface area contributed by atoms with Gasteiger partial charge in [0.1, 0.15) is 0 Å². The number of rotatable bonds is 4. The molecule has 8 heteroatoms. The van der Waals surface area contributed by atoms with Crippen LogP contribution in [0.25, 0.3) is 0 Å². The number of hydrazone groups is 1. The van der Waals surface area contributed by atoms with Crippen LogP contribution in [0.1, 0.15) is 31.2 Å². The Kier molecular flexibility index (Phi) is 4.75. The van der Waals surface area contributed by atoms with E-state index in [1.54, 1.807) is 24.3 Å². The maximum Gasteiger partial charge on any atom is 0.227 e. The Labute approximate surface area is 147 Å². The quantitative estimate of drug-likeness (QED) is 0.820. The highest BCUT2D eigenvalue weighted by Crippen LogP contribution is 2.37. The molecule has 0 heterocycles. The number of carbonyl (C=O) groups excluding carboxylic acids is 2. The first-order valence-electron chi connectivity index (χ1n) is 8.27. The second-order valence-corrected chi connectivity index (χ2v) is 8.41. The number of hydrogen-bond acceptors (Lipinski definition) is 6. The number of Topliss-reactive ketones (excluding diaryl/α,β-unsaturated/α-hetero) is 2. The number of nitrogens with zero attached hydrogens (tertiary/aromatic N) is 2. The maximum atomic E-state index is 12.6. The van der Waals surface area contributed by atoms with Gasteiger partial charge >= 0.3 is 0 Å². The van der Waals surface area contributed by atoms with Gasteiger partial charge in [-0.25, -0.2) is 8.42 Å². The molecule has 0 aliphatic heterocycles. The number of carbonyl (C=O) groups is 2. The Balaban J connectivity index is 1.98. The summed E-state index contributed by atoms with van der Waals surface area (Å²) in [4.78, 5) is 27.4. The van der Waals surface area contributed by atoms with Crippen molar-refractivity contribution < 1.29 is 18.0 Å². The second kappa shape index (κ2) is 6.68. The van der Waals surface area contributed by atoms with E-state index in [2.05, 4.69) is 9.93 Å². The first kappa shape index (κ1) is 17.8. The average molecular weight is 363 g/mol. The molecule has 1 aromatic rings. The molecule has 7 nitrogen and oxygen atoms in total. The molecule has 0 amide bonds. The summed E-state index contributed by atoms with van der Waals surface area (Å²) < 4.78 is 23.4. The molecule has 0 radical (unpaired) electrons. The van der Waals surface area contributed by atoms with Crippen LogP contribution in [0.15, 0.2) is 29.4 Å². The van der Waals surface area contributed by atoms with Crippen molar-refractivity contribution in [2.24, 2.45) is 16.9 Å². The smallest absolute Gasteiger partial charge is 0.227 e. The van der Waals surface area contributed by atoms with E-state index < -0.39 is 10.0 Å². The normalized spacial score (nSPS) is 23.5. The van der Waals surface area contributed by atoms with Crippen LogP contribution < -0.4 is 9.95 Å². The Hall–Kier alpha value is -2.06. The van der Waals surface area contributed by atoms with Gasteiger partial charge in [0.05, 0.1) is 11.9 Å². The summed E-state index contributed by atoms with van der Waals surface area (Å²) in [7, 11) is -3.64. The molecular formula is C17H21N3O4S. The molecule has 1 aromatic carbocycles. The van der Waals surface area contributed by atoms with E-state index in [0.717, 1.165) is 29.8 Å². The lowest BCUT2D eigenvalue weighted by atomic mass is 9.81. The minimum atomic E-state index is -3.64. The van der Waals surface area contributed by atoms with Gasteiger partial charge in [-0.1, -0.05) is 30.5 Å². The average Bonchev–Trinajstić information content (AvgIpc) is 2.79. The monoisotopic (exact) mass is 363 g/mol. The molecule has 0 saturated heterocycles. The van der Waals surface area contributed by atoms with Gasteiger partial charge in [-0.2, -0.15) is 5.12 Å². The molecule has 25 heavy (non-hydrogen) atoms. The van der Waals surface area contributed by atoms with E-state index in [9.17, 15) is 18.0 Å². The summed E-state index contributed by atoms with van der Waals surface area (Å²) in [5, 5.41) is 5.10. The lowest BCUT2D eigenvalue weighted by Gasteiger charge is -2.20. The highest BCUT2D eigenvalue weighted by atomic mass is 32.2. The summed E-state index contributed by atoms with van der Waals surface area (Å²) in [6, 6.07) is 6.94. The van der Waals surface area contributed by atoms with E-state index in [0.29, 0.717) is 18.5 Å². The number of hydrogen-bond donors (Lipinski definition) is 1. The number of sulfonamides is 1. The Morgan fingerprint density at radius 3 is 2.04 bits per heavy atom. The number of fused-ring (bicyclic) bond motifs is 1. The van der Waals surface area contributed by atoms with Crippen molar-refractivity contribution in [2.75, 3.05) is 11.4 Å². The van der Waals surface area contributed by atoms with E-state index in [-0.39, 0.29) is 29.1 Å². The fourth-order valence-corrected chi connectivity index (χ4v) is 3.86. The van der Waals surface area contributed by atoms with Crippen LogP contribution in [0.3, 0.4) is 0 Å². The van der Waals surface area contributed by atoms with E-state index >= 15 is 0 Å². The van der Waals surface area contributed by atoms with Crippen LogP contribution in [0.2, 0.25) is 0 Å². The molecule has 0 aromatic heterocycles. The van der Waals surface area contributed by atoms with Gasteiger partial charge in [-0.15, -0.1) is 9.93 Å².